The molecule has 1 aromatic carbocycles. The van der Waals surface area contributed by atoms with E-state index in [1.165, 1.54) is 0 Å². The fourth-order valence-electron chi connectivity index (χ4n) is 5.37. The Labute approximate surface area is 222 Å². The van der Waals surface area contributed by atoms with Crippen molar-refractivity contribution in [3.8, 4) is 17.0 Å². The minimum Gasteiger partial charge on any atom is -0.507 e. The summed E-state index contributed by atoms with van der Waals surface area (Å²) in [5.41, 5.74) is 3.07. The zero-order chi connectivity index (χ0) is 27.2. The molecule has 0 radical (unpaired) electrons. The molecule has 202 valence electrons. The van der Waals surface area contributed by atoms with Gasteiger partial charge >= 0.3 is 12.1 Å². The molecule has 0 bridgehead atoms. The number of benzene rings is 1. The van der Waals surface area contributed by atoms with E-state index in [2.05, 4.69) is 15.2 Å². The third-order valence-electron chi connectivity index (χ3n) is 7.25. The Morgan fingerprint density at radius 3 is 2.47 bits per heavy atom. The lowest BCUT2D eigenvalue weighted by Crippen LogP contribution is -2.64. The fourth-order valence-corrected chi connectivity index (χ4v) is 5.37. The van der Waals surface area contributed by atoms with E-state index in [1.54, 1.807) is 17.0 Å². The predicted molar refractivity (Wildman–Crippen MR) is 144 cm³/mol. The number of aromatic amines is 1. The molecule has 0 atom stereocenters. The standard InChI is InChI=1S/C28H36N6O4/c1-27(2,3)38-26(37)33-14-15-34(28(4,5)17-33)25(36)32-12-10-18-20-16-22(19-8-6-7-9-23(19)35)30-31-24(20)29-21(18)11-13-32/h6-9,16,35H,10-15,17H2,1-5H3,(H,29,31). The van der Waals surface area contributed by atoms with Crippen LogP contribution in [0.15, 0.2) is 30.3 Å². The number of rotatable bonds is 1. The molecule has 1 saturated heterocycles. The molecule has 10 nitrogen and oxygen atoms in total. The summed E-state index contributed by atoms with van der Waals surface area (Å²) >= 11 is 0. The number of phenolic OH excluding ortho intramolecular Hbond substituents is 1. The van der Waals surface area contributed by atoms with E-state index in [9.17, 15) is 14.7 Å². The molecular formula is C28H36N6O4. The zero-order valence-corrected chi connectivity index (χ0v) is 22.7. The molecule has 10 heteroatoms. The Kier molecular flexibility index (Phi) is 6.44. The van der Waals surface area contributed by atoms with Gasteiger partial charge in [-0.1, -0.05) is 12.1 Å². The van der Waals surface area contributed by atoms with Crippen molar-refractivity contribution in [2.75, 3.05) is 32.7 Å². The van der Waals surface area contributed by atoms with Gasteiger partial charge < -0.3 is 29.5 Å². The van der Waals surface area contributed by atoms with Crippen LogP contribution < -0.4 is 0 Å². The van der Waals surface area contributed by atoms with E-state index in [0.717, 1.165) is 16.6 Å². The minimum atomic E-state index is -0.561. The van der Waals surface area contributed by atoms with Crippen molar-refractivity contribution in [1.29, 1.82) is 0 Å². The third kappa shape index (κ3) is 4.99. The quantitative estimate of drug-likeness (QED) is 0.497. The van der Waals surface area contributed by atoms with Crippen LogP contribution in [0.2, 0.25) is 0 Å². The maximum absolute atomic E-state index is 13.7. The van der Waals surface area contributed by atoms with Crippen LogP contribution in [0.25, 0.3) is 22.3 Å². The maximum atomic E-state index is 13.7. The largest absolute Gasteiger partial charge is 0.507 e. The number of para-hydroxylation sites is 1. The van der Waals surface area contributed by atoms with Crippen LogP contribution in [0.4, 0.5) is 9.59 Å². The van der Waals surface area contributed by atoms with Crippen LogP contribution in [-0.4, -0.2) is 91.0 Å². The first kappa shape index (κ1) is 25.8. The molecule has 0 unspecified atom stereocenters. The SMILES string of the molecule is CC(C)(C)OC(=O)N1CCN(C(=O)N2CCc3[nH]c4nnc(-c5ccccc5O)cc4c3CC2)C(C)(C)C1. The fraction of sp³-hybridized carbons (Fsp3) is 0.500. The number of carbonyl (C=O) groups excluding carboxylic acids is 2. The van der Waals surface area contributed by atoms with Crippen molar-refractivity contribution in [3.63, 3.8) is 0 Å². The number of urea groups is 1. The molecule has 2 N–H and O–H groups in total. The molecule has 2 aliphatic rings. The van der Waals surface area contributed by atoms with Crippen LogP contribution in [-0.2, 0) is 17.6 Å². The van der Waals surface area contributed by atoms with Crippen molar-refractivity contribution in [2.45, 2.75) is 58.6 Å². The summed E-state index contributed by atoms with van der Waals surface area (Å²) in [6.07, 6.45) is 1.02. The summed E-state index contributed by atoms with van der Waals surface area (Å²) in [5, 5.41) is 19.9. The minimum absolute atomic E-state index is 0.0111. The summed E-state index contributed by atoms with van der Waals surface area (Å²) in [6, 6.07) is 9.04. The molecule has 3 aromatic rings. The van der Waals surface area contributed by atoms with Crippen molar-refractivity contribution >= 4 is 23.2 Å². The van der Waals surface area contributed by atoms with Gasteiger partial charge in [0.15, 0.2) is 5.65 Å². The number of nitrogens with zero attached hydrogens (tertiary/aromatic N) is 5. The predicted octanol–water partition coefficient (Wildman–Crippen LogP) is 4.18. The van der Waals surface area contributed by atoms with Crippen LogP contribution in [0, 0.1) is 0 Å². The number of H-pyrrole nitrogens is 1. The van der Waals surface area contributed by atoms with Crippen LogP contribution in [0.3, 0.4) is 0 Å². The van der Waals surface area contributed by atoms with Gasteiger partial charge in [-0.15, -0.1) is 10.2 Å². The summed E-state index contributed by atoms with van der Waals surface area (Å²) in [6.45, 7) is 12.0. The summed E-state index contributed by atoms with van der Waals surface area (Å²) in [5.74, 6) is 0.161. The van der Waals surface area contributed by atoms with E-state index in [1.807, 2.05) is 62.6 Å². The molecule has 3 amide bonds. The lowest BCUT2D eigenvalue weighted by Gasteiger charge is -2.48. The highest BCUT2D eigenvalue weighted by Gasteiger charge is 2.41. The highest BCUT2D eigenvalue weighted by atomic mass is 16.6. The first-order valence-electron chi connectivity index (χ1n) is 13.1. The molecule has 4 heterocycles. The van der Waals surface area contributed by atoms with Crippen molar-refractivity contribution in [1.82, 2.24) is 29.9 Å². The van der Waals surface area contributed by atoms with Gasteiger partial charge in [-0.25, -0.2) is 9.59 Å². The van der Waals surface area contributed by atoms with Gasteiger partial charge in [-0.05, 0) is 64.8 Å². The molecule has 2 aliphatic heterocycles. The molecule has 0 saturated carbocycles. The molecule has 38 heavy (non-hydrogen) atoms. The van der Waals surface area contributed by atoms with Gasteiger partial charge in [-0.2, -0.15) is 0 Å². The average molecular weight is 521 g/mol. The number of aromatic hydroxyl groups is 1. The smallest absolute Gasteiger partial charge is 0.410 e. The lowest BCUT2D eigenvalue weighted by atomic mass is 9.99. The van der Waals surface area contributed by atoms with E-state index < -0.39 is 11.1 Å². The Hall–Kier alpha value is -3.82. The second-order valence-corrected chi connectivity index (χ2v) is 11.7. The Balaban J connectivity index is 1.30. The lowest BCUT2D eigenvalue weighted by molar-refractivity contribution is -0.00807. The second kappa shape index (κ2) is 9.49. The topological polar surface area (TPSA) is 115 Å². The molecule has 0 aliphatic carbocycles. The van der Waals surface area contributed by atoms with Gasteiger partial charge in [0.1, 0.15) is 11.4 Å². The summed E-state index contributed by atoms with van der Waals surface area (Å²) in [7, 11) is 0. The highest BCUT2D eigenvalue weighted by molar-refractivity contribution is 5.85. The van der Waals surface area contributed by atoms with Gasteiger partial charge in [0.25, 0.3) is 0 Å². The molecule has 5 rings (SSSR count). The number of fused-ring (bicyclic) bond motifs is 3. The first-order chi connectivity index (χ1) is 17.9. The number of hydrogen-bond acceptors (Lipinski definition) is 6. The number of aromatic nitrogens is 3. The van der Waals surface area contributed by atoms with E-state index in [0.29, 0.717) is 62.5 Å². The number of ether oxygens (including phenoxy) is 1. The Morgan fingerprint density at radius 1 is 1.03 bits per heavy atom. The normalized spacial score (nSPS) is 17.8. The van der Waals surface area contributed by atoms with Crippen LogP contribution in [0.1, 0.15) is 45.9 Å². The average Bonchev–Trinajstić information content (AvgIpc) is 3.05. The first-order valence-corrected chi connectivity index (χ1v) is 13.1. The van der Waals surface area contributed by atoms with Gasteiger partial charge in [-0.3, -0.25) is 0 Å². The highest BCUT2D eigenvalue weighted by Crippen LogP contribution is 2.32. The summed E-state index contributed by atoms with van der Waals surface area (Å²) in [4.78, 5) is 35.2. The number of phenols is 1. The van der Waals surface area contributed by atoms with Crippen molar-refractivity contribution in [2.24, 2.45) is 0 Å². The molecular weight excluding hydrogens is 484 g/mol. The van der Waals surface area contributed by atoms with Crippen LogP contribution >= 0.6 is 0 Å². The molecule has 2 aromatic heterocycles. The van der Waals surface area contributed by atoms with E-state index >= 15 is 0 Å². The number of amides is 3. The molecule has 1 fully saturated rings. The van der Waals surface area contributed by atoms with Gasteiger partial charge in [0.2, 0.25) is 0 Å². The zero-order valence-electron chi connectivity index (χ0n) is 22.7. The van der Waals surface area contributed by atoms with Gasteiger partial charge in [0, 0.05) is 55.8 Å². The van der Waals surface area contributed by atoms with Crippen LogP contribution in [0.5, 0.6) is 5.75 Å². The van der Waals surface area contributed by atoms with Crippen molar-refractivity contribution < 1.29 is 19.4 Å². The summed E-state index contributed by atoms with van der Waals surface area (Å²) < 4.78 is 5.55. The number of hydrogen-bond donors (Lipinski definition) is 2. The van der Waals surface area contributed by atoms with Gasteiger partial charge in [0.05, 0.1) is 11.2 Å². The Morgan fingerprint density at radius 2 is 1.76 bits per heavy atom. The van der Waals surface area contributed by atoms with E-state index in [-0.39, 0.29) is 17.9 Å². The maximum Gasteiger partial charge on any atom is 0.410 e. The van der Waals surface area contributed by atoms with E-state index in [4.69, 9.17) is 4.74 Å². The monoisotopic (exact) mass is 520 g/mol. The Bertz CT molecular complexity index is 1380. The number of piperazine rings is 1. The number of nitrogens with one attached hydrogen (secondary N) is 1. The third-order valence-corrected chi connectivity index (χ3v) is 7.25. The molecule has 0 spiro atoms. The second-order valence-electron chi connectivity index (χ2n) is 11.7. The number of carbonyl (C=O) groups is 2. The van der Waals surface area contributed by atoms with Crippen molar-refractivity contribution in [3.05, 3.63) is 41.6 Å².